The molecule has 0 aliphatic rings. The molecule has 0 saturated carbocycles. The van der Waals surface area contributed by atoms with Gasteiger partial charge in [-0.3, -0.25) is 9.59 Å². The summed E-state index contributed by atoms with van der Waals surface area (Å²) in [5.41, 5.74) is 1.91. The summed E-state index contributed by atoms with van der Waals surface area (Å²) in [4.78, 5) is 23.6. The van der Waals surface area contributed by atoms with Crippen molar-refractivity contribution in [2.75, 3.05) is 24.4 Å². The first-order chi connectivity index (χ1) is 11.5. The molecule has 2 N–H and O–H groups in total. The first kappa shape index (κ1) is 18.3. The number of methoxy groups -OCH3 is 1. The van der Waals surface area contributed by atoms with Gasteiger partial charge >= 0.3 is 0 Å². The van der Waals surface area contributed by atoms with Gasteiger partial charge in [-0.1, -0.05) is 35.3 Å². The highest BCUT2D eigenvalue weighted by molar-refractivity contribution is 6.42. The molecule has 24 heavy (non-hydrogen) atoms. The summed E-state index contributed by atoms with van der Waals surface area (Å²) in [6, 6.07) is 11.9. The highest BCUT2D eigenvalue weighted by atomic mass is 35.5. The molecule has 7 heteroatoms. The molecule has 2 rings (SSSR count). The fourth-order valence-electron chi connectivity index (χ4n) is 2.04. The number of halogens is 2. The van der Waals surface area contributed by atoms with E-state index in [-0.39, 0.29) is 24.8 Å². The molecule has 0 saturated heterocycles. The van der Waals surface area contributed by atoms with E-state index in [9.17, 15) is 9.59 Å². The number of rotatable bonds is 6. The number of hydrogen-bond donors (Lipinski definition) is 2. The lowest BCUT2D eigenvalue weighted by molar-refractivity contribution is -0.119. The van der Waals surface area contributed by atoms with E-state index in [0.29, 0.717) is 21.4 Å². The average Bonchev–Trinajstić information content (AvgIpc) is 2.51. The summed E-state index contributed by atoms with van der Waals surface area (Å²) in [6.07, 6.45) is 0.164. The van der Waals surface area contributed by atoms with Crippen molar-refractivity contribution < 1.29 is 14.3 Å². The van der Waals surface area contributed by atoms with E-state index < -0.39 is 0 Å². The molecule has 0 spiro atoms. The zero-order valence-electron chi connectivity index (χ0n) is 12.9. The minimum Gasteiger partial charge on any atom is -0.375 e. The lowest BCUT2D eigenvalue weighted by Gasteiger charge is -2.09. The number of hydrogen-bond acceptors (Lipinski definition) is 3. The van der Waals surface area contributed by atoms with Crippen LogP contribution < -0.4 is 10.6 Å². The number of benzene rings is 2. The summed E-state index contributed by atoms with van der Waals surface area (Å²) < 4.78 is 4.75. The van der Waals surface area contributed by atoms with Gasteiger partial charge in [-0.25, -0.2) is 0 Å². The van der Waals surface area contributed by atoms with Gasteiger partial charge in [-0.2, -0.15) is 0 Å². The maximum Gasteiger partial charge on any atom is 0.250 e. The van der Waals surface area contributed by atoms with Crippen LogP contribution in [0.1, 0.15) is 5.56 Å². The van der Waals surface area contributed by atoms with Crippen LogP contribution in [0.15, 0.2) is 42.5 Å². The van der Waals surface area contributed by atoms with E-state index in [0.717, 1.165) is 5.56 Å². The Labute approximate surface area is 149 Å². The molecule has 126 valence electrons. The van der Waals surface area contributed by atoms with Crippen molar-refractivity contribution in [3.8, 4) is 0 Å². The van der Waals surface area contributed by atoms with Gasteiger partial charge in [0.05, 0.1) is 16.5 Å². The quantitative estimate of drug-likeness (QED) is 0.817. The molecule has 0 radical (unpaired) electrons. The first-order valence-electron chi connectivity index (χ1n) is 7.10. The molecule has 2 aromatic carbocycles. The Morgan fingerprint density at radius 1 is 0.958 bits per heavy atom. The van der Waals surface area contributed by atoms with Crippen LogP contribution >= 0.6 is 23.2 Å². The first-order valence-corrected chi connectivity index (χ1v) is 7.86. The van der Waals surface area contributed by atoms with Crippen molar-refractivity contribution in [2.24, 2.45) is 0 Å². The Morgan fingerprint density at radius 3 is 2.25 bits per heavy atom. The maximum absolute atomic E-state index is 12.1. The third-order valence-corrected chi connectivity index (χ3v) is 3.79. The molecular weight excluding hydrogens is 351 g/mol. The van der Waals surface area contributed by atoms with Crippen molar-refractivity contribution in [3.63, 3.8) is 0 Å². The van der Waals surface area contributed by atoms with E-state index >= 15 is 0 Å². The zero-order valence-corrected chi connectivity index (χ0v) is 14.4. The molecule has 2 amide bonds. The molecular formula is C17H16Cl2N2O3. The van der Waals surface area contributed by atoms with Gasteiger partial charge < -0.3 is 15.4 Å². The average molecular weight is 367 g/mol. The molecule has 0 aliphatic carbocycles. The molecule has 2 aromatic rings. The Bertz CT molecular complexity index is 750. The minimum atomic E-state index is -0.267. The monoisotopic (exact) mass is 366 g/mol. The van der Waals surface area contributed by atoms with Gasteiger partial charge in [0.15, 0.2) is 0 Å². The fraction of sp³-hybridized carbons (Fsp3) is 0.176. The molecule has 0 atom stereocenters. The number of carbonyl (C=O) groups is 2. The van der Waals surface area contributed by atoms with Crippen LogP contribution in [-0.4, -0.2) is 25.5 Å². The van der Waals surface area contributed by atoms with E-state index in [1.807, 2.05) is 0 Å². The van der Waals surface area contributed by atoms with E-state index in [2.05, 4.69) is 10.6 Å². The smallest absolute Gasteiger partial charge is 0.250 e. The Balaban J connectivity index is 1.98. The predicted molar refractivity (Wildman–Crippen MR) is 95.7 cm³/mol. The van der Waals surface area contributed by atoms with Crippen molar-refractivity contribution in [3.05, 3.63) is 58.1 Å². The highest BCUT2D eigenvalue weighted by Crippen LogP contribution is 2.23. The van der Waals surface area contributed by atoms with Crippen LogP contribution in [0.4, 0.5) is 11.4 Å². The Morgan fingerprint density at radius 2 is 1.62 bits per heavy atom. The normalized spacial score (nSPS) is 10.3. The Hall–Kier alpha value is -2.08. The second-order valence-electron chi connectivity index (χ2n) is 5.04. The van der Waals surface area contributed by atoms with Gasteiger partial charge in [0, 0.05) is 18.5 Å². The van der Waals surface area contributed by atoms with Crippen LogP contribution in [-0.2, 0) is 20.7 Å². The van der Waals surface area contributed by atoms with Gasteiger partial charge in [-0.15, -0.1) is 0 Å². The second-order valence-corrected chi connectivity index (χ2v) is 5.85. The van der Waals surface area contributed by atoms with E-state index in [4.69, 9.17) is 27.9 Å². The third-order valence-electron chi connectivity index (χ3n) is 3.05. The number of nitrogens with one attached hydrogen (secondary N) is 2. The molecule has 0 aromatic heterocycles. The van der Waals surface area contributed by atoms with Gasteiger partial charge in [0.25, 0.3) is 0 Å². The molecule has 5 nitrogen and oxygen atoms in total. The third kappa shape index (κ3) is 5.53. The van der Waals surface area contributed by atoms with E-state index in [1.165, 1.54) is 7.11 Å². The summed E-state index contributed by atoms with van der Waals surface area (Å²) >= 11 is 11.8. The molecule has 0 bridgehead atoms. The standard InChI is InChI=1S/C17H16Cl2N2O3/c1-24-10-17(23)21-13-4-2-3-12(9-13)20-16(22)8-11-5-6-14(18)15(19)7-11/h2-7,9H,8,10H2,1H3,(H,20,22)(H,21,23). The molecule has 0 fully saturated rings. The van der Waals surface area contributed by atoms with Gasteiger partial charge in [0.1, 0.15) is 6.61 Å². The van der Waals surface area contributed by atoms with Crippen molar-refractivity contribution >= 4 is 46.4 Å². The topological polar surface area (TPSA) is 67.4 Å². The number of carbonyl (C=O) groups excluding carboxylic acids is 2. The molecule has 0 aliphatic heterocycles. The second kappa shape index (κ2) is 8.68. The van der Waals surface area contributed by atoms with Crippen molar-refractivity contribution in [1.29, 1.82) is 0 Å². The van der Waals surface area contributed by atoms with Crippen LogP contribution in [0.3, 0.4) is 0 Å². The van der Waals surface area contributed by atoms with Gasteiger partial charge in [-0.05, 0) is 35.9 Å². The van der Waals surface area contributed by atoms with Crippen LogP contribution in [0.5, 0.6) is 0 Å². The summed E-state index contributed by atoms with van der Waals surface area (Å²) in [6.45, 7) is -0.0338. The number of ether oxygens (including phenoxy) is 1. The zero-order chi connectivity index (χ0) is 17.5. The highest BCUT2D eigenvalue weighted by Gasteiger charge is 2.07. The summed E-state index contributed by atoms with van der Waals surface area (Å²) in [5, 5.41) is 6.30. The van der Waals surface area contributed by atoms with Gasteiger partial charge in [0.2, 0.25) is 11.8 Å². The van der Waals surface area contributed by atoms with Crippen molar-refractivity contribution in [1.82, 2.24) is 0 Å². The largest absolute Gasteiger partial charge is 0.375 e. The molecule has 0 unspecified atom stereocenters. The van der Waals surface area contributed by atoms with Crippen LogP contribution in [0.25, 0.3) is 0 Å². The predicted octanol–water partition coefficient (Wildman–Crippen LogP) is 3.76. The fourth-order valence-corrected chi connectivity index (χ4v) is 2.36. The lowest BCUT2D eigenvalue weighted by atomic mass is 10.1. The minimum absolute atomic E-state index is 0.0338. The number of anilines is 2. The lowest BCUT2D eigenvalue weighted by Crippen LogP contribution is -2.18. The number of amides is 2. The van der Waals surface area contributed by atoms with Crippen molar-refractivity contribution in [2.45, 2.75) is 6.42 Å². The molecule has 0 heterocycles. The SMILES string of the molecule is COCC(=O)Nc1cccc(NC(=O)Cc2ccc(Cl)c(Cl)c2)c1. The van der Waals surface area contributed by atoms with E-state index in [1.54, 1.807) is 42.5 Å². The van der Waals surface area contributed by atoms with Crippen LogP contribution in [0.2, 0.25) is 10.0 Å². The Kier molecular flexibility index (Phi) is 6.61. The summed E-state index contributed by atoms with van der Waals surface area (Å²) in [7, 11) is 1.44. The summed E-state index contributed by atoms with van der Waals surface area (Å²) in [5.74, 6) is -0.467. The maximum atomic E-state index is 12.1. The van der Waals surface area contributed by atoms with Crippen LogP contribution in [0, 0.1) is 0 Å².